The average molecular weight is 282 g/mol. The summed E-state index contributed by atoms with van der Waals surface area (Å²) in [6.07, 6.45) is 8.30. The van der Waals surface area contributed by atoms with E-state index < -0.39 is 0 Å². The molecule has 0 amide bonds. The maximum absolute atomic E-state index is 5.75. The third-order valence-electron chi connectivity index (χ3n) is 4.99. The van der Waals surface area contributed by atoms with Crippen LogP contribution in [0.3, 0.4) is 0 Å². The minimum Gasteiger partial charge on any atom is -0.378 e. The lowest BCUT2D eigenvalue weighted by atomic mass is 9.97. The van der Waals surface area contributed by atoms with Crippen molar-refractivity contribution in [3.05, 3.63) is 0 Å². The maximum Gasteiger partial charge on any atom is 0.0576 e. The summed E-state index contributed by atoms with van der Waals surface area (Å²) in [7, 11) is 0. The normalized spacial score (nSPS) is 32.1. The first-order valence-electron chi connectivity index (χ1n) is 8.79. The monoisotopic (exact) mass is 282 g/mol. The van der Waals surface area contributed by atoms with E-state index in [1.54, 1.807) is 0 Å². The maximum atomic E-state index is 5.75. The fourth-order valence-corrected chi connectivity index (χ4v) is 3.62. The Morgan fingerprint density at radius 1 is 1.30 bits per heavy atom. The van der Waals surface area contributed by atoms with Gasteiger partial charge in [0.05, 0.1) is 6.10 Å². The van der Waals surface area contributed by atoms with Gasteiger partial charge in [-0.25, -0.2) is 0 Å². The molecule has 20 heavy (non-hydrogen) atoms. The molecule has 3 atom stereocenters. The van der Waals surface area contributed by atoms with E-state index in [0.29, 0.717) is 12.1 Å². The molecule has 118 valence electrons. The predicted molar refractivity (Wildman–Crippen MR) is 85.1 cm³/mol. The largest absolute Gasteiger partial charge is 0.378 e. The molecule has 2 aliphatic heterocycles. The Morgan fingerprint density at radius 2 is 2.15 bits per heavy atom. The molecule has 0 spiro atoms. The highest BCUT2D eigenvalue weighted by atomic mass is 16.5. The van der Waals surface area contributed by atoms with Crippen molar-refractivity contribution in [3.63, 3.8) is 0 Å². The number of nitrogens with one attached hydrogen (secondary N) is 1. The molecule has 0 saturated carbocycles. The van der Waals surface area contributed by atoms with Crippen LogP contribution in [0.15, 0.2) is 0 Å². The number of piperazine rings is 1. The Balaban J connectivity index is 1.76. The highest BCUT2D eigenvalue weighted by Gasteiger charge is 2.28. The van der Waals surface area contributed by atoms with Crippen molar-refractivity contribution in [1.29, 1.82) is 0 Å². The van der Waals surface area contributed by atoms with Gasteiger partial charge in [-0.3, -0.25) is 4.90 Å². The van der Waals surface area contributed by atoms with Crippen molar-refractivity contribution in [1.82, 2.24) is 10.2 Å². The van der Waals surface area contributed by atoms with Crippen molar-refractivity contribution in [2.75, 3.05) is 26.2 Å². The summed E-state index contributed by atoms with van der Waals surface area (Å²) >= 11 is 0. The summed E-state index contributed by atoms with van der Waals surface area (Å²) in [5.74, 6) is 0.734. The van der Waals surface area contributed by atoms with Crippen LogP contribution in [0.2, 0.25) is 0 Å². The first kappa shape index (κ1) is 16.3. The lowest BCUT2D eigenvalue weighted by Crippen LogP contribution is -2.58. The van der Waals surface area contributed by atoms with Gasteiger partial charge in [-0.1, -0.05) is 27.2 Å². The van der Waals surface area contributed by atoms with Gasteiger partial charge in [0.1, 0.15) is 0 Å². The summed E-state index contributed by atoms with van der Waals surface area (Å²) in [6, 6.07) is 1.42. The molecule has 3 unspecified atom stereocenters. The van der Waals surface area contributed by atoms with Crippen molar-refractivity contribution >= 4 is 0 Å². The first-order valence-corrected chi connectivity index (χ1v) is 8.79. The molecule has 2 aliphatic rings. The fraction of sp³-hybridized carbons (Fsp3) is 1.00. The molecule has 1 N–H and O–H groups in total. The Kier molecular flexibility index (Phi) is 6.79. The third-order valence-corrected chi connectivity index (χ3v) is 4.99. The van der Waals surface area contributed by atoms with Gasteiger partial charge in [-0.15, -0.1) is 0 Å². The number of hydrogen-bond acceptors (Lipinski definition) is 3. The Bertz CT molecular complexity index is 264. The lowest BCUT2D eigenvalue weighted by Gasteiger charge is -2.42. The average Bonchev–Trinajstić information content (AvgIpc) is 2.93. The van der Waals surface area contributed by atoms with Crippen LogP contribution in [-0.2, 0) is 4.74 Å². The molecule has 0 aromatic rings. The van der Waals surface area contributed by atoms with Crippen LogP contribution >= 0.6 is 0 Å². The van der Waals surface area contributed by atoms with Gasteiger partial charge in [0, 0.05) is 31.8 Å². The lowest BCUT2D eigenvalue weighted by molar-refractivity contribution is 0.0809. The quantitative estimate of drug-likeness (QED) is 0.777. The molecule has 0 aromatic heterocycles. The van der Waals surface area contributed by atoms with Gasteiger partial charge in [0.25, 0.3) is 0 Å². The van der Waals surface area contributed by atoms with Crippen LogP contribution in [0.5, 0.6) is 0 Å². The molecule has 3 nitrogen and oxygen atoms in total. The smallest absolute Gasteiger partial charge is 0.0576 e. The third kappa shape index (κ3) is 4.71. The Morgan fingerprint density at radius 3 is 2.80 bits per heavy atom. The second-order valence-corrected chi connectivity index (χ2v) is 6.97. The van der Waals surface area contributed by atoms with Crippen LogP contribution in [-0.4, -0.2) is 49.3 Å². The van der Waals surface area contributed by atoms with E-state index in [1.165, 1.54) is 58.2 Å². The van der Waals surface area contributed by atoms with Crippen molar-refractivity contribution in [3.8, 4) is 0 Å². The molecule has 2 fully saturated rings. The second-order valence-electron chi connectivity index (χ2n) is 6.97. The summed E-state index contributed by atoms with van der Waals surface area (Å²) in [4.78, 5) is 2.75. The van der Waals surface area contributed by atoms with Crippen LogP contribution in [0.1, 0.15) is 59.3 Å². The summed E-state index contributed by atoms with van der Waals surface area (Å²) in [5.41, 5.74) is 0. The van der Waals surface area contributed by atoms with Crippen molar-refractivity contribution in [2.45, 2.75) is 77.5 Å². The Hall–Kier alpha value is -0.120. The van der Waals surface area contributed by atoms with E-state index in [1.807, 2.05) is 0 Å². The zero-order valence-corrected chi connectivity index (χ0v) is 13.7. The van der Waals surface area contributed by atoms with Gasteiger partial charge in [-0.2, -0.15) is 0 Å². The molecule has 0 radical (unpaired) electrons. The van der Waals surface area contributed by atoms with E-state index in [0.717, 1.165) is 18.6 Å². The summed E-state index contributed by atoms with van der Waals surface area (Å²) < 4.78 is 5.75. The fourth-order valence-electron chi connectivity index (χ4n) is 3.62. The second kappa shape index (κ2) is 8.35. The summed E-state index contributed by atoms with van der Waals surface area (Å²) in [6.45, 7) is 11.6. The van der Waals surface area contributed by atoms with Crippen LogP contribution in [0.4, 0.5) is 0 Å². The topological polar surface area (TPSA) is 24.5 Å². The van der Waals surface area contributed by atoms with Crippen molar-refractivity contribution in [2.24, 2.45) is 5.92 Å². The molecule has 0 bridgehead atoms. The highest BCUT2D eigenvalue weighted by molar-refractivity contribution is 4.87. The molecular formula is C17H34N2O. The molecule has 2 saturated heterocycles. The van der Waals surface area contributed by atoms with Crippen molar-refractivity contribution < 1.29 is 4.74 Å². The molecule has 0 aliphatic carbocycles. The zero-order valence-electron chi connectivity index (χ0n) is 13.7. The van der Waals surface area contributed by atoms with Gasteiger partial charge in [0.2, 0.25) is 0 Å². The summed E-state index contributed by atoms with van der Waals surface area (Å²) in [5, 5.41) is 3.75. The van der Waals surface area contributed by atoms with E-state index in [2.05, 4.69) is 31.0 Å². The number of ether oxygens (including phenoxy) is 1. The predicted octanol–water partition coefficient (Wildman–Crippen LogP) is 3.04. The molecule has 3 heteroatoms. The zero-order chi connectivity index (χ0) is 14.4. The minimum atomic E-state index is 0.559. The van der Waals surface area contributed by atoms with Crippen LogP contribution in [0.25, 0.3) is 0 Å². The number of rotatable bonds is 7. The van der Waals surface area contributed by atoms with Gasteiger partial charge in [-0.05, 0) is 44.6 Å². The molecule has 2 rings (SSSR count). The van der Waals surface area contributed by atoms with Gasteiger partial charge >= 0.3 is 0 Å². The van der Waals surface area contributed by atoms with E-state index in [4.69, 9.17) is 4.74 Å². The SMILES string of the molecule is CCCC1CNC(C(C)C)CN1CCCC1CCCO1. The van der Waals surface area contributed by atoms with Crippen LogP contribution < -0.4 is 5.32 Å². The van der Waals surface area contributed by atoms with E-state index >= 15 is 0 Å². The molecule has 0 aromatic carbocycles. The van der Waals surface area contributed by atoms with Crippen LogP contribution in [0, 0.1) is 5.92 Å². The molecule has 2 heterocycles. The Labute approximate surface area is 125 Å². The molecular weight excluding hydrogens is 248 g/mol. The van der Waals surface area contributed by atoms with Gasteiger partial charge in [0.15, 0.2) is 0 Å². The standard InChI is InChI=1S/C17H34N2O/c1-4-7-15-12-18-17(14(2)3)13-19(15)10-5-8-16-9-6-11-20-16/h14-18H,4-13H2,1-3H3. The van der Waals surface area contributed by atoms with Gasteiger partial charge < -0.3 is 10.1 Å². The highest BCUT2D eigenvalue weighted by Crippen LogP contribution is 2.20. The minimum absolute atomic E-state index is 0.559. The van der Waals surface area contributed by atoms with E-state index in [9.17, 15) is 0 Å². The van der Waals surface area contributed by atoms with E-state index in [-0.39, 0.29) is 0 Å². The number of hydrogen-bond donors (Lipinski definition) is 1. The number of nitrogens with zero attached hydrogens (tertiary/aromatic N) is 1. The first-order chi connectivity index (χ1) is 9.70.